The molecular formula is C14H20F3N5. The first kappa shape index (κ1) is 16.5. The third-order valence-corrected chi connectivity index (χ3v) is 3.56. The molecule has 0 aliphatic carbocycles. The first-order chi connectivity index (χ1) is 10.5. The average Bonchev–Trinajstić information content (AvgIpc) is 2.96. The third-order valence-electron chi connectivity index (χ3n) is 3.56. The Balaban J connectivity index is 0.000000847. The average molecular weight is 315 g/mol. The van der Waals surface area contributed by atoms with Crippen molar-refractivity contribution >= 4 is 11.6 Å². The van der Waals surface area contributed by atoms with E-state index in [4.69, 9.17) is 0 Å². The summed E-state index contributed by atoms with van der Waals surface area (Å²) < 4.78 is 40.7. The van der Waals surface area contributed by atoms with Crippen molar-refractivity contribution in [1.29, 1.82) is 0 Å². The van der Waals surface area contributed by atoms with Gasteiger partial charge in [0.25, 0.3) is 5.78 Å². The van der Waals surface area contributed by atoms with Crippen molar-refractivity contribution in [2.75, 3.05) is 18.0 Å². The second kappa shape index (κ2) is 6.50. The number of nitrogens with zero attached hydrogens (tertiary/aromatic N) is 5. The molecule has 0 N–H and O–H groups in total. The zero-order chi connectivity index (χ0) is 16.3. The molecule has 1 saturated heterocycles. The summed E-state index contributed by atoms with van der Waals surface area (Å²) >= 11 is 0. The molecule has 0 bridgehead atoms. The Hall–Kier alpha value is -1.86. The molecule has 2 aromatic rings. The number of halogens is 3. The first-order valence-electron chi connectivity index (χ1n) is 7.51. The lowest BCUT2D eigenvalue weighted by molar-refractivity contribution is -0.141. The number of piperidine rings is 1. The molecule has 0 saturated carbocycles. The highest BCUT2D eigenvalue weighted by Gasteiger charge is 2.37. The van der Waals surface area contributed by atoms with Crippen molar-refractivity contribution in [3.63, 3.8) is 0 Å². The van der Waals surface area contributed by atoms with E-state index >= 15 is 0 Å². The number of rotatable bonds is 1. The van der Waals surface area contributed by atoms with Gasteiger partial charge in [0, 0.05) is 18.7 Å². The molecule has 3 rings (SSSR count). The van der Waals surface area contributed by atoms with Crippen LogP contribution in [-0.2, 0) is 6.18 Å². The van der Waals surface area contributed by atoms with Crippen molar-refractivity contribution in [2.24, 2.45) is 0 Å². The van der Waals surface area contributed by atoms with Gasteiger partial charge in [-0.2, -0.15) is 27.8 Å². The van der Waals surface area contributed by atoms with Crippen molar-refractivity contribution in [2.45, 2.75) is 46.2 Å². The summed E-state index contributed by atoms with van der Waals surface area (Å²) in [6, 6.07) is 0. The minimum Gasteiger partial charge on any atom is -0.356 e. The molecule has 22 heavy (non-hydrogen) atoms. The summed E-state index contributed by atoms with van der Waals surface area (Å²) in [6.07, 6.45) is -0.205. The fraction of sp³-hybridized carbons (Fsp3) is 0.643. The van der Waals surface area contributed by atoms with Crippen LogP contribution in [0.2, 0.25) is 0 Å². The number of alkyl halides is 3. The maximum Gasteiger partial charge on any atom is 0.433 e. The number of aromatic nitrogens is 4. The van der Waals surface area contributed by atoms with Gasteiger partial charge >= 0.3 is 6.18 Å². The zero-order valence-corrected chi connectivity index (χ0v) is 13.0. The molecule has 0 spiro atoms. The van der Waals surface area contributed by atoms with Gasteiger partial charge in [0.05, 0.1) is 0 Å². The molecule has 8 heteroatoms. The Morgan fingerprint density at radius 1 is 1.09 bits per heavy atom. The van der Waals surface area contributed by atoms with Crippen molar-refractivity contribution < 1.29 is 13.2 Å². The molecule has 1 aliphatic rings. The Kier molecular flexibility index (Phi) is 4.87. The molecule has 1 aliphatic heterocycles. The lowest BCUT2D eigenvalue weighted by atomic mass is 10.1. The van der Waals surface area contributed by atoms with Gasteiger partial charge in [-0.25, -0.2) is 4.98 Å². The van der Waals surface area contributed by atoms with Gasteiger partial charge in [0.15, 0.2) is 5.69 Å². The molecular weight excluding hydrogens is 295 g/mol. The van der Waals surface area contributed by atoms with Gasteiger partial charge in [-0.05, 0) is 26.2 Å². The van der Waals surface area contributed by atoms with E-state index in [0.717, 1.165) is 32.4 Å². The van der Waals surface area contributed by atoms with Crippen LogP contribution >= 0.6 is 0 Å². The van der Waals surface area contributed by atoms with Crippen LogP contribution in [0.1, 0.15) is 44.4 Å². The van der Waals surface area contributed by atoms with Gasteiger partial charge in [-0.15, -0.1) is 0 Å². The van der Waals surface area contributed by atoms with Crippen molar-refractivity contribution in [1.82, 2.24) is 19.6 Å². The highest BCUT2D eigenvalue weighted by atomic mass is 19.4. The topological polar surface area (TPSA) is 46.3 Å². The second-order valence-electron chi connectivity index (χ2n) is 4.93. The van der Waals surface area contributed by atoms with Gasteiger partial charge < -0.3 is 4.90 Å². The normalized spacial score (nSPS) is 15.6. The molecule has 0 atom stereocenters. The maximum atomic E-state index is 13.1. The molecule has 0 radical (unpaired) electrons. The third kappa shape index (κ3) is 3.00. The van der Waals surface area contributed by atoms with Crippen LogP contribution in [0.25, 0.3) is 5.78 Å². The quantitative estimate of drug-likeness (QED) is 0.808. The fourth-order valence-electron chi connectivity index (χ4n) is 2.66. The summed E-state index contributed by atoms with van der Waals surface area (Å²) in [5.41, 5.74) is -0.768. The van der Waals surface area contributed by atoms with Crippen molar-refractivity contribution in [3.05, 3.63) is 17.6 Å². The molecule has 3 heterocycles. The molecule has 5 nitrogen and oxygen atoms in total. The SMILES string of the molecule is CC.Cc1c(C(F)(F)F)nc2ncnn2c1N1CCCCC1. The molecule has 1 fully saturated rings. The van der Waals surface area contributed by atoms with Crippen molar-refractivity contribution in [3.8, 4) is 0 Å². The first-order valence-corrected chi connectivity index (χ1v) is 7.51. The van der Waals surface area contributed by atoms with Crippen LogP contribution in [-0.4, -0.2) is 32.7 Å². The summed E-state index contributed by atoms with van der Waals surface area (Å²) in [7, 11) is 0. The van der Waals surface area contributed by atoms with E-state index < -0.39 is 11.9 Å². The van der Waals surface area contributed by atoms with Gasteiger partial charge in [-0.3, -0.25) is 0 Å². The van der Waals surface area contributed by atoms with Crippen LogP contribution in [0, 0.1) is 6.92 Å². The zero-order valence-electron chi connectivity index (χ0n) is 13.0. The Labute approximate surface area is 127 Å². The van der Waals surface area contributed by atoms with Gasteiger partial charge in [0.2, 0.25) is 0 Å². The maximum absolute atomic E-state index is 13.1. The molecule has 0 amide bonds. The van der Waals surface area contributed by atoms with Crippen LogP contribution < -0.4 is 4.90 Å². The van der Waals surface area contributed by atoms with E-state index in [-0.39, 0.29) is 11.3 Å². The monoisotopic (exact) mass is 315 g/mol. The largest absolute Gasteiger partial charge is 0.433 e. The minimum atomic E-state index is -4.48. The van der Waals surface area contributed by atoms with E-state index in [9.17, 15) is 13.2 Å². The predicted octanol–water partition coefficient (Wildman–Crippen LogP) is 3.47. The second-order valence-corrected chi connectivity index (χ2v) is 4.93. The van der Waals surface area contributed by atoms with Crippen LogP contribution in [0.4, 0.5) is 19.0 Å². The summed E-state index contributed by atoms with van der Waals surface area (Å²) in [5, 5.41) is 4.01. The highest BCUT2D eigenvalue weighted by Crippen LogP contribution is 2.35. The number of hydrogen-bond donors (Lipinski definition) is 0. The van der Waals surface area contributed by atoms with Crippen LogP contribution in [0.3, 0.4) is 0 Å². The van der Waals surface area contributed by atoms with Gasteiger partial charge in [0.1, 0.15) is 12.1 Å². The minimum absolute atomic E-state index is 0.0106. The number of anilines is 1. The van der Waals surface area contributed by atoms with E-state index in [0.29, 0.717) is 5.82 Å². The van der Waals surface area contributed by atoms with Crippen LogP contribution in [0.5, 0.6) is 0 Å². The summed E-state index contributed by atoms with van der Waals surface area (Å²) in [5.74, 6) is 0.447. The lowest BCUT2D eigenvalue weighted by Gasteiger charge is -2.30. The molecule has 0 aromatic carbocycles. The number of fused-ring (bicyclic) bond motifs is 1. The standard InChI is InChI=1S/C12H14F3N5.C2H6/c1-8-9(12(13,14)15)18-11-16-7-17-20(11)10(8)19-5-3-2-4-6-19;1-2/h7H,2-6H2,1H3;1-2H3. The van der Waals surface area contributed by atoms with E-state index in [1.165, 1.54) is 17.8 Å². The van der Waals surface area contributed by atoms with E-state index in [2.05, 4.69) is 15.1 Å². The summed E-state index contributed by atoms with van der Waals surface area (Å²) in [6.45, 7) is 6.91. The lowest BCUT2D eigenvalue weighted by Crippen LogP contribution is -2.33. The fourth-order valence-corrected chi connectivity index (χ4v) is 2.66. The highest BCUT2D eigenvalue weighted by molar-refractivity contribution is 5.55. The Morgan fingerprint density at radius 3 is 2.32 bits per heavy atom. The molecule has 2 aromatic heterocycles. The predicted molar refractivity (Wildman–Crippen MR) is 77.9 cm³/mol. The van der Waals surface area contributed by atoms with Crippen LogP contribution in [0.15, 0.2) is 6.33 Å². The Bertz CT molecular complexity index is 629. The smallest absolute Gasteiger partial charge is 0.356 e. The molecule has 0 unspecified atom stereocenters. The number of hydrogen-bond acceptors (Lipinski definition) is 4. The van der Waals surface area contributed by atoms with E-state index in [1.54, 1.807) is 0 Å². The summed E-state index contributed by atoms with van der Waals surface area (Å²) in [4.78, 5) is 9.34. The molecule has 122 valence electrons. The van der Waals surface area contributed by atoms with Gasteiger partial charge in [-0.1, -0.05) is 13.8 Å². The Morgan fingerprint density at radius 2 is 1.73 bits per heavy atom. The van der Waals surface area contributed by atoms with E-state index in [1.807, 2.05) is 18.7 Å².